The molecule has 12 heteroatoms. The Hall–Kier alpha value is -4.45. The highest BCUT2D eigenvalue weighted by Crippen LogP contribution is 2.44. The van der Waals surface area contributed by atoms with E-state index >= 15 is 0 Å². The molecule has 0 unspecified atom stereocenters. The fourth-order valence-electron chi connectivity index (χ4n) is 3.73. The van der Waals surface area contributed by atoms with Crippen LogP contribution in [0.15, 0.2) is 48.5 Å². The zero-order valence-electron chi connectivity index (χ0n) is 19.8. The van der Waals surface area contributed by atoms with E-state index in [4.69, 9.17) is 31.5 Å². The fraction of sp³-hybridized carbons (Fsp3) is 0.320. The monoisotopic (exact) mass is 515 g/mol. The SMILES string of the molecule is NC(=O)CC[C@H](NC(=O)OCC1c2ccccc2-c2ccccc21)C(=O)O.N[C@@H](CCC(=O)O)C(=O)O. The van der Waals surface area contributed by atoms with E-state index in [1.165, 1.54) is 0 Å². The van der Waals surface area contributed by atoms with Gasteiger partial charge in [0, 0.05) is 18.8 Å². The van der Waals surface area contributed by atoms with Gasteiger partial charge in [-0.05, 0) is 35.1 Å². The Balaban J connectivity index is 0.000000410. The van der Waals surface area contributed by atoms with E-state index in [-0.39, 0.29) is 38.2 Å². The second-order valence-corrected chi connectivity index (χ2v) is 8.24. The van der Waals surface area contributed by atoms with Gasteiger partial charge in [0.25, 0.3) is 0 Å². The molecule has 198 valence electrons. The van der Waals surface area contributed by atoms with Crippen LogP contribution >= 0.6 is 0 Å². The Morgan fingerprint density at radius 2 is 1.38 bits per heavy atom. The van der Waals surface area contributed by atoms with Crippen molar-refractivity contribution in [3.8, 4) is 11.1 Å². The third kappa shape index (κ3) is 8.61. The number of carbonyl (C=O) groups is 5. The smallest absolute Gasteiger partial charge is 0.407 e. The Bertz CT molecular complexity index is 1110. The lowest BCUT2D eigenvalue weighted by molar-refractivity contribution is -0.141. The zero-order chi connectivity index (χ0) is 27.5. The lowest BCUT2D eigenvalue weighted by Crippen LogP contribution is -2.42. The van der Waals surface area contributed by atoms with Crippen LogP contribution in [0.1, 0.15) is 42.7 Å². The molecule has 2 aromatic carbocycles. The number of nitrogens with one attached hydrogen (secondary N) is 1. The van der Waals surface area contributed by atoms with Crippen LogP contribution in [0.4, 0.5) is 4.79 Å². The number of fused-ring (bicyclic) bond motifs is 3. The number of aliphatic carboxylic acids is 3. The number of rotatable bonds is 11. The second kappa shape index (κ2) is 13.6. The molecule has 0 fully saturated rings. The molecule has 37 heavy (non-hydrogen) atoms. The van der Waals surface area contributed by atoms with Crippen molar-refractivity contribution in [2.75, 3.05) is 6.61 Å². The first-order chi connectivity index (χ1) is 17.5. The minimum Gasteiger partial charge on any atom is -0.481 e. The summed E-state index contributed by atoms with van der Waals surface area (Å²) in [5.41, 5.74) is 14.4. The summed E-state index contributed by atoms with van der Waals surface area (Å²) in [5.74, 6) is -4.18. The van der Waals surface area contributed by atoms with Crippen LogP contribution in [-0.4, -0.2) is 63.9 Å². The standard InChI is InChI=1S/C20H20N2O5.C5H9NO4/c21-18(23)10-9-17(19(24)25)22-20(26)27-11-16-14-7-3-1-5-12(14)13-6-2-4-8-15(13)16;6-3(5(9)10)1-2-4(7)8/h1-8,16-17H,9-11H2,(H2,21,23)(H,22,26)(H,24,25);3H,1-2,6H2,(H,7,8)(H,9,10)/t17-;3-/m00/s1. The molecular weight excluding hydrogens is 486 g/mol. The number of primary amides is 1. The molecule has 0 aromatic heterocycles. The Labute approximate surface area is 212 Å². The maximum Gasteiger partial charge on any atom is 0.407 e. The maximum atomic E-state index is 12.1. The van der Waals surface area contributed by atoms with Gasteiger partial charge in [-0.25, -0.2) is 9.59 Å². The van der Waals surface area contributed by atoms with Crippen molar-refractivity contribution < 1.29 is 44.0 Å². The molecule has 8 N–H and O–H groups in total. The number of hydrogen-bond donors (Lipinski definition) is 6. The number of ether oxygens (including phenoxy) is 1. The highest BCUT2D eigenvalue weighted by molar-refractivity contribution is 5.82. The molecule has 0 heterocycles. The van der Waals surface area contributed by atoms with Crippen molar-refractivity contribution in [1.82, 2.24) is 5.32 Å². The van der Waals surface area contributed by atoms with Crippen molar-refractivity contribution >= 4 is 29.9 Å². The largest absolute Gasteiger partial charge is 0.481 e. The predicted molar refractivity (Wildman–Crippen MR) is 131 cm³/mol. The average Bonchev–Trinajstić information content (AvgIpc) is 3.17. The van der Waals surface area contributed by atoms with Crippen molar-refractivity contribution in [1.29, 1.82) is 0 Å². The van der Waals surface area contributed by atoms with Crippen LogP contribution in [0.3, 0.4) is 0 Å². The van der Waals surface area contributed by atoms with Crippen molar-refractivity contribution in [2.45, 2.75) is 43.7 Å². The summed E-state index contributed by atoms with van der Waals surface area (Å²) in [7, 11) is 0. The third-order valence-corrected chi connectivity index (χ3v) is 5.60. The summed E-state index contributed by atoms with van der Waals surface area (Å²) < 4.78 is 5.30. The van der Waals surface area contributed by atoms with Gasteiger partial charge in [0.15, 0.2) is 0 Å². The topological polar surface area (TPSA) is 219 Å². The normalized spacial score (nSPS) is 13.1. The number of hydrogen-bond acceptors (Lipinski definition) is 7. The van der Waals surface area contributed by atoms with E-state index in [0.29, 0.717) is 0 Å². The van der Waals surface area contributed by atoms with Gasteiger partial charge in [-0.2, -0.15) is 0 Å². The molecule has 1 aliphatic rings. The van der Waals surface area contributed by atoms with E-state index in [1.54, 1.807) is 0 Å². The molecule has 2 amide bonds. The van der Waals surface area contributed by atoms with Crippen LogP contribution in [0, 0.1) is 0 Å². The Morgan fingerprint density at radius 1 is 0.838 bits per heavy atom. The summed E-state index contributed by atoms with van der Waals surface area (Å²) >= 11 is 0. The first-order valence-electron chi connectivity index (χ1n) is 11.3. The van der Waals surface area contributed by atoms with Crippen molar-refractivity contribution in [2.24, 2.45) is 11.5 Å². The number of carboxylic acid groups (broad SMARTS) is 3. The summed E-state index contributed by atoms with van der Waals surface area (Å²) in [4.78, 5) is 54.0. The molecule has 2 aromatic rings. The molecule has 12 nitrogen and oxygen atoms in total. The highest BCUT2D eigenvalue weighted by atomic mass is 16.5. The molecule has 0 saturated heterocycles. The molecule has 0 spiro atoms. The van der Waals surface area contributed by atoms with Crippen LogP contribution < -0.4 is 16.8 Å². The van der Waals surface area contributed by atoms with Gasteiger partial charge in [0.1, 0.15) is 18.7 Å². The van der Waals surface area contributed by atoms with Gasteiger partial charge in [-0.3, -0.25) is 14.4 Å². The minimum atomic E-state index is -1.25. The second-order valence-electron chi connectivity index (χ2n) is 8.24. The van der Waals surface area contributed by atoms with E-state index in [2.05, 4.69) is 5.32 Å². The van der Waals surface area contributed by atoms with Crippen LogP contribution in [0.25, 0.3) is 11.1 Å². The lowest BCUT2D eigenvalue weighted by atomic mass is 9.98. The van der Waals surface area contributed by atoms with Gasteiger partial charge in [0.2, 0.25) is 5.91 Å². The quantitative estimate of drug-likeness (QED) is 0.253. The van der Waals surface area contributed by atoms with Crippen LogP contribution in [-0.2, 0) is 23.9 Å². The Morgan fingerprint density at radius 3 is 1.84 bits per heavy atom. The van der Waals surface area contributed by atoms with E-state index in [9.17, 15) is 24.0 Å². The van der Waals surface area contributed by atoms with Gasteiger partial charge in [-0.15, -0.1) is 0 Å². The fourth-order valence-corrected chi connectivity index (χ4v) is 3.73. The first-order valence-corrected chi connectivity index (χ1v) is 11.3. The number of alkyl carbamates (subject to hydrolysis) is 1. The molecule has 0 radical (unpaired) electrons. The number of carboxylic acids is 3. The van der Waals surface area contributed by atoms with Gasteiger partial charge in [0.05, 0.1) is 0 Å². The van der Waals surface area contributed by atoms with Crippen LogP contribution in [0.5, 0.6) is 0 Å². The summed E-state index contributed by atoms with van der Waals surface area (Å²) in [6.45, 7) is 0.0853. The number of benzene rings is 2. The molecule has 3 rings (SSSR count). The summed E-state index contributed by atoms with van der Waals surface area (Å²) in [6.07, 6.45) is -1.29. The summed E-state index contributed by atoms with van der Waals surface area (Å²) in [5, 5.41) is 27.7. The van der Waals surface area contributed by atoms with Gasteiger partial charge in [-0.1, -0.05) is 48.5 Å². The zero-order valence-corrected chi connectivity index (χ0v) is 19.8. The Kier molecular flexibility index (Phi) is 10.6. The third-order valence-electron chi connectivity index (χ3n) is 5.60. The molecule has 0 bridgehead atoms. The van der Waals surface area contributed by atoms with E-state index in [1.807, 2.05) is 48.5 Å². The minimum absolute atomic E-state index is 0.0231. The molecule has 1 aliphatic carbocycles. The van der Waals surface area contributed by atoms with E-state index < -0.39 is 42.0 Å². The van der Waals surface area contributed by atoms with Gasteiger partial charge < -0.3 is 36.8 Å². The predicted octanol–water partition coefficient (Wildman–Crippen LogP) is 1.51. The average molecular weight is 516 g/mol. The first kappa shape index (κ1) is 28.8. The van der Waals surface area contributed by atoms with E-state index in [0.717, 1.165) is 22.3 Å². The molecular formula is C25H29N3O9. The van der Waals surface area contributed by atoms with Crippen molar-refractivity contribution in [3.63, 3.8) is 0 Å². The molecule has 0 saturated carbocycles. The number of nitrogens with two attached hydrogens (primary N) is 2. The lowest BCUT2D eigenvalue weighted by Gasteiger charge is -2.17. The molecule has 0 aliphatic heterocycles. The number of carbonyl (C=O) groups excluding carboxylic acids is 2. The number of amides is 2. The van der Waals surface area contributed by atoms with Crippen molar-refractivity contribution in [3.05, 3.63) is 59.7 Å². The highest BCUT2D eigenvalue weighted by Gasteiger charge is 2.29. The maximum absolute atomic E-state index is 12.1. The van der Waals surface area contributed by atoms with Crippen LogP contribution in [0.2, 0.25) is 0 Å². The van der Waals surface area contributed by atoms with Gasteiger partial charge >= 0.3 is 24.0 Å². The molecule has 2 atom stereocenters. The summed E-state index contributed by atoms with van der Waals surface area (Å²) in [6, 6.07) is 13.5.